The molecule has 1 heterocycles. The number of anilines is 1. The maximum atomic E-state index is 12.6. The molecule has 0 amide bonds. The summed E-state index contributed by atoms with van der Waals surface area (Å²) in [6, 6.07) is 11.3. The predicted molar refractivity (Wildman–Crippen MR) is 109 cm³/mol. The zero-order valence-electron chi connectivity index (χ0n) is 16.4. The number of benzene rings is 2. The van der Waals surface area contributed by atoms with Crippen molar-refractivity contribution in [3.63, 3.8) is 0 Å². The first kappa shape index (κ1) is 19.8. The van der Waals surface area contributed by atoms with Crippen LogP contribution in [0.3, 0.4) is 0 Å². The highest BCUT2D eigenvalue weighted by Crippen LogP contribution is 2.40. The molecule has 1 saturated heterocycles. The maximum Gasteiger partial charge on any atom is 0.203 e. The molecule has 1 fully saturated rings. The van der Waals surface area contributed by atoms with E-state index in [1.54, 1.807) is 33.5 Å². The van der Waals surface area contributed by atoms with Gasteiger partial charge in [0.2, 0.25) is 5.75 Å². The van der Waals surface area contributed by atoms with E-state index in [0.29, 0.717) is 22.8 Å². The second-order valence-electron chi connectivity index (χ2n) is 6.27. The van der Waals surface area contributed by atoms with E-state index >= 15 is 0 Å². The fourth-order valence-electron chi connectivity index (χ4n) is 3.18. The number of ketones is 1. The van der Waals surface area contributed by atoms with Gasteiger partial charge in [0.25, 0.3) is 0 Å². The number of carbonyl (C=O) groups excluding carboxylic acids is 1. The number of ether oxygens (including phenoxy) is 4. The zero-order valence-corrected chi connectivity index (χ0v) is 16.4. The van der Waals surface area contributed by atoms with Crippen LogP contribution in [0.1, 0.15) is 15.9 Å². The summed E-state index contributed by atoms with van der Waals surface area (Å²) in [7, 11) is 4.67. The summed E-state index contributed by atoms with van der Waals surface area (Å²) < 4.78 is 21.5. The van der Waals surface area contributed by atoms with Gasteiger partial charge in [0.15, 0.2) is 17.3 Å². The second-order valence-corrected chi connectivity index (χ2v) is 6.27. The number of hydrogen-bond donors (Lipinski definition) is 0. The van der Waals surface area contributed by atoms with Crippen LogP contribution in [0.15, 0.2) is 42.5 Å². The second kappa shape index (κ2) is 9.28. The lowest BCUT2D eigenvalue weighted by Gasteiger charge is -2.28. The molecule has 6 heteroatoms. The van der Waals surface area contributed by atoms with Gasteiger partial charge in [-0.05, 0) is 48.6 Å². The van der Waals surface area contributed by atoms with Crippen LogP contribution in [-0.4, -0.2) is 53.4 Å². The zero-order chi connectivity index (χ0) is 19.9. The van der Waals surface area contributed by atoms with Crippen LogP contribution in [0.5, 0.6) is 17.2 Å². The Morgan fingerprint density at radius 3 is 2.21 bits per heavy atom. The Kier molecular flexibility index (Phi) is 6.55. The predicted octanol–water partition coefficient (Wildman–Crippen LogP) is 3.45. The Morgan fingerprint density at radius 2 is 1.61 bits per heavy atom. The molecular formula is C22H25NO5. The highest BCUT2D eigenvalue weighted by atomic mass is 16.5. The van der Waals surface area contributed by atoms with Gasteiger partial charge < -0.3 is 23.8 Å². The van der Waals surface area contributed by atoms with Crippen LogP contribution < -0.4 is 19.1 Å². The highest BCUT2D eigenvalue weighted by molar-refractivity contribution is 6.07. The SMILES string of the molecule is COc1ccc(/C=C/C(=O)c2ccc(N3CCOCC3)cc2)c(OC)c1OC. The van der Waals surface area contributed by atoms with E-state index in [9.17, 15) is 4.79 Å². The summed E-state index contributed by atoms with van der Waals surface area (Å²) in [5.74, 6) is 1.51. The molecule has 3 rings (SSSR count). The van der Waals surface area contributed by atoms with Crippen molar-refractivity contribution in [3.8, 4) is 17.2 Å². The van der Waals surface area contributed by atoms with Gasteiger partial charge in [0, 0.05) is 29.9 Å². The summed E-state index contributed by atoms with van der Waals surface area (Å²) in [5, 5.41) is 0. The molecular weight excluding hydrogens is 358 g/mol. The van der Waals surface area contributed by atoms with E-state index in [4.69, 9.17) is 18.9 Å². The molecule has 0 radical (unpaired) electrons. The van der Waals surface area contributed by atoms with E-state index in [1.807, 2.05) is 30.3 Å². The Labute approximate surface area is 165 Å². The summed E-state index contributed by atoms with van der Waals surface area (Å²) in [6.07, 6.45) is 3.26. The summed E-state index contributed by atoms with van der Waals surface area (Å²) in [6.45, 7) is 3.20. The van der Waals surface area contributed by atoms with Crippen molar-refractivity contribution in [1.82, 2.24) is 0 Å². The Balaban J connectivity index is 1.76. The first-order chi connectivity index (χ1) is 13.7. The third-order valence-electron chi connectivity index (χ3n) is 4.68. The molecule has 1 aliphatic heterocycles. The van der Waals surface area contributed by atoms with Gasteiger partial charge in [-0.3, -0.25) is 4.79 Å². The van der Waals surface area contributed by atoms with Gasteiger partial charge in [-0.15, -0.1) is 0 Å². The van der Waals surface area contributed by atoms with Crippen molar-refractivity contribution in [3.05, 3.63) is 53.6 Å². The largest absolute Gasteiger partial charge is 0.493 e. The van der Waals surface area contributed by atoms with Crippen LogP contribution >= 0.6 is 0 Å². The quantitative estimate of drug-likeness (QED) is 0.539. The smallest absolute Gasteiger partial charge is 0.203 e. The molecule has 2 aromatic carbocycles. The third kappa shape index (κ3) is 4.28. The fraction of sp³-hybridized carbons (Fsp3) is 0.318. The summed E-state index contributed by atoms with van der Waals surface area (Å²) in [4.78, 5) is 14.8. The normalized spacial score (nSPS) is 14.2. The Morgan fingerprint density at radius 1 is 0.929 bits per heavy atom. The Bertz CT molecular complexity index is 839. The minimum absolute atomic E-state index is 0.0784. The van der Waals surface area contributed by atoms with Gasteiger partial charge >= 0.3 is 0 Å². The molecule has 6 nitrogen and oxygen atoms in total. The third-order valence-corrected chi connectivity index (χ3v) is 4.68. The summed E-state index contributed by atoms with van der Waals surface area (Å²) in [5.41, 5.74) is 2.47. The number of carbonyl (C=O) groups is 1. The molecule has 0 aromatic heterocycles. The number of hydrogen-bond acceptors (Lipinski definition) is 6. The van der Waals surface area contributed by atoms with Gasteiger partial charge in [-0.25, -0.2) is 0 Å². The van der Waals surface area contributed by atoms with Crippen LogP contribution in [0.4, 0.5) is 5.69 Å². The Hall–Kier alpha value is -2.99. The van der Waals surface area contributed by atoms with Crippen molar-refractivity contribution in [2.75, 3.05) is 52.5 Å². The van der Waals surface area contributed by atoms with Crippen LogP contribution in [-0.2, 0) is 4.74 Å². The molecule has 0 aliphatic carbocycles. The van der Waals surface area contributed by atoms with Crippen molar-refractivity contribution in [2.24, 2.45) is 0 Å². The number of allylic oxidation sites excluding steroid dienone is 1. The average molecular weight is 383 g/mol. The maximum absolute atomic E-state index is 12.6. The highest BCUT2D eigenvalue weighted by Gasteiger charge is 2.15. The molecule has 0 bridgehead atoms. The van der Waals surface area contributed by atoms with E-state index in [0.717, 1.165) is 37.6 Å². The van der Waals surface area contributed by atoms with E-state index in [1.165, 1.54) is 6.08 Å². The van der Waals surface area contributed by atoms with E-state index < -0.39 is 0 Å². The van der Waals surface area contributed by atoms with Crippen LogP contribution in [0.2, 0.25) is 0 Å². The van der Waals surface area contributed by atoms with Crippen molar-refractivity contribution >= 4 is 17.5 Å². The molecule has 0 spiro atoms. The number of methoxy groups -OCH3 is 3. The van der Waals surface area contributed by atoms with Gasteiger partial charge in [-0.2, -0.15) is 0 Å². The topological polar surface area (TPSA) is 57.2 Å². The van der Waals surface area contributed by atoms with Crippen molar-refractivity contribution in [2.45, 2.75) is 0 Å². The average Bonchev–Trinajstić information content (AvgIpc) is 2.77. The first-order valence-corrected chi connectivity index (χ1v) is 9.12. The molecule has 148 valence electrons. The lowest BCUT2D eigenvalue weighted by atomic mass is 10.1. The molecule has 2 aromatic rings. The molecule has 0 saturated carbocycles. The number of rotatable bonds is 7. The van der Waals surface area contributed by atoms with Gasteiger partial charge in [-0.1, -0.05) is 0 Å². The molecule has 0 N–H and O–H groups in total. The lowest BCUT2D eigenvalue weighted by Crippen LogP contribution is -2.36. The van der Waals surface area contributed by atoms with E-state index in [2.05, 4.69) is 4.90 Å². The fourth-order valence-corrected chi connectivity index (χ4v) is 3.18. The monoisotopic (exact) mass is 383 g/mol. The standard InChI is InChI=1S/C22H25NO5/c1-25-20-11-7-17(21(26-2)22(20)27-3)6-10-19(24)16-4-8-18(9-5-16)23-12-14-28-15-13-23/h4-11H,12-15H2,1-3H3/b10-6+. The first-order valence-electron chi connectivity index (χ1n) is 9.12. The van der Waals surface area contributed by atoms with Crippen molar-refractivity contribution < 1.29 is 23.7 Å². The lowest BCUT2D eigenvalue weighted by molar-refractivity contribution is 0.104. The van der Waals surface area contributed by atoms with Gasteiger partial charge in [0.1, 0.15) is 0 Å². The molecule has 0 unspecified atom stereocenters. The number of nitrogens with zero attached hydrogens (tertiary/aromatic N) is 1. The van der Waals surface area contributed by atoms with Crippen molar-refractivity contribution in [1.29, 1.82) is 0 Å². The molecule has 28 heavy (non-hydrogen) atoms. The van der Waals surface area contributed by atoms with Gasteiger partial charge in [0.05, 0.1) is 34.5 Å². The van der Waals surface area contributed by atoms with Crippen LogP contribution in [0, 0.1) is 0 Å². The van der Waals surface area contributed by atoms with Crippen LogP contribution in [0.25, 0.3) is 6.08 Å². The summed E-state index contributed by atoms with van der Waals surface area (Å²) >= 11 is 0. The minimum atomic E-state index is -0.0784. The number of morpholine rings is 1. The minimum Gasteiger partial charge on any atom is -0.493 e. The molecule has 0 atom stereocenters. The molecule has 1 aliphatic rings. The van der Waals surface area contributed by atoms with E-state index in [-0.39, 0.29) is 5.78 Å².